The van der Waals surface area contributed by atoms with Gasteiger partial charge in [-0.2, -0.15) is 0 Å². The number of nitrogens with zero attached hydrogens (tertiary/aromatic N) is 3. The van der Waals surface area contributed by atoms with Gasteiger partial charge in [-0.1, -0.05) is 64.5 Å². The molecule has 0 bridgehead atoms. The van der Waals surface area contributed by atoms with Gasteiger partial charge in [-0.15, -0.1) is 0 Å². The van der Waals surface area contributed by atoms with Crippen LogP contribution in [0.15, 0.2) is 89.5 Å². The fourth-order valence-electron chi connectivity index (χ4n) is 2.58. The number of hydrogen-bond acceptors (Lipinski definition) is 3. The number of pyridine rings is 1. The summed E-state index contributed by atoms with van der Waals surface area (Å²) in [5, 5.41) is 0. The van der Waals surface area contributed by atoms with Crippen molar-refractivity contribution in [2.75, 3.05) is 0 Å². The molecule has 0 spiro atoms. The number of hydrogen-bond donors (Lipinski definition) is 0. The van der Waals surface area contributed by atoms with Gasteiger partial charge in [-0.3, -0.25) is 4.98 Å². The van der Waals surface area contributed by atoms with Crippen LogP contribution in [0.5, 0.6) is 0 Å². The molecule has 0 aliphatic heterocycles. The summed E-state index contributed by atoms with van der Waals surface area (Å²) in [6, 6.07) is 25.9. The molecular formula is C21H14BrN3. The van der Waals surface area contributed by atoms with Gasteiger partial charge in [-0.05, 0) is 30.3 Å². The maximum Gasteiger partial charge on any atom is 0.160 e. The van der Waals surface area contributed by atoms with Crippen molar-refractivity contribution in [3.8, 4) is 34.0 Å². The quantitative estimate of drug-likeness (QED) is 0.456. The van der Waals surface area contributed by atoms with Crippen LogP contribution in [0.2, 0.25) is 0 Å². The lowest BCUT2D eigenvalue weighted by Crippen LogP contribution is -1.96. The normalized spacial score (nSPS) is 10.6. The van der Waals surface area contributed by atoms with Crippen molar-refractivity contribution in [3.05, 3.63) is 89.5 Å². The van der Waals surface area contributed by atoms with Crippen molar-refractivity contribution >= 4 is 15.9 Å². The van der Waals surface area contributed by atoms with E-state index in [4.69, 9.17) is 9.97 Å². The van der Waals surface area contributed by atoms with E-state index in [1.54, 1.807) is 6.20 Å². The molecule has 0 saturated carbocycles. The lowest BCUT2D eigenvalue weighted by molar-refractivity contribution is 1.16. The SMILES string of the molecule is Brc1ccc(-c2nc(-c3ccccc3)cc(-c3ccccn3)n2)cc1. The first-order valence-corrected chi connectivity index (χ1v) is 8.71. The average molecular weight is 388 g/mol. The molecule has 2 aromatic carbocycles. The Bertz CT molecular complexity index is 927. The van der Waals surface area contributed by atoms with Crippen molar-refractivity contribution in [2.45, 2.75) is 0 Å². The first-order chi connectivity index (χ1) is 12.3. The second kappa shape index (κ2) is 6.95. The minimum atomic E-state index is 0.689. The first-order valence-electron chi connectivity index (χ1n) is 7.91. The zero-order valence-corrected chi connectivity index (χ0v) is 14.9. The van der Waals surface area contributed by atoms with Crippen molar-refractivity contribution in [2.24, 2.45) is 0 Å². The highest BCUT2D eigenvalue weighted by Gasteiger charge is 2.10. The second-order valence-corrected chi connectivity index (χ2v) is 6.47. The molecule has 0 unspecified atom stereocenters. The second-order valence-electron chi connectivity index (χ2n) is 5.55. The van der Waals surface area contributed by atoms with Gasteiger partial charge in [-0.25, -0.2) is 9.97 Å². The fourth-order valence-corrected chi connectivity index (χ4v) is 2.84. The molecule has 3 nitrogen and oxygen atoms in total. The van der Waals surface area contributed by atoms with Crippen LogP contribution < -0.4 is 0 Å². The minimum absolute atomic E-state index is 0.689. The van der Waals surface area contributed by atoms with Crippen LogP contribution in [0, 0.1) is 0 Å². The maximum atomic E-state index is 4.77. The predicted octanol–water partition coefficient (Wildman–Crippen LogP) is 5.64. The van der Waals surface area contributed by atoms with Crippen LogP contribution in [-0.4, -0.2) is 15.0 Å². The maximum absolute atomic E-state index is 4.77. The van der Waals surface area contributed by atoms with Crippen molar-refractivity contribution in [1.29, 1.82) is 0 Å². The number of rotatable bonds is 3. The number of halogens is 1. The summed E-state index contributed by atoms with van der Waals surface area (Å²) in [6.45, 7) is 0. The molecule has 0 aliphatic carbocycles. The van der Waals surface area contributed by atoms with Gasteiger partial charge in [0.05, 0.1) is 17.1 Å². The minimum Gasteiger partial charge on any atom is -0.255 e. The molecule has 2 aromatic heterocycles. The third-order valence-corrected chi connectivity index (χ3v) is 4.35. The van der Waals surface area contributed by atoms with Crippen LogP contribution in [0.25, 0.3) is 34.0 Å². The van der Waals surface area contributed by atoms with Crippen molar-refractivity contribution < 1.29 is 0 Å². The summed E-state index contributed by atoms with van der Waals surface area (Å²) >= 11 is 3.47. The fraction of sp³-hybridized carbons (Fsp3) is 0. The van der Waals surface area contributed by atoms with Gasteiger partial charge < -0.3 is 0 Å². The third kappa shape index (κ3) is 3.49. The summed E-state index contributed by atoms with van der Waals surface area (Å²) in [4.78, 5) is 13.9. The van der Waals surface area contributed by atoms with Crippen molar-refractivity contribution in [1.82, 2.24) is 15.0 Å². The van der Waals surface area contributed by atoms with E-state index < -0.39 is 0 Å². The molecule has 0 aliphatic rings. The van der Waals surface area contributed by atoms with Crippen LogP contribution in [-0.2, 0) is 0 Å². The molecule has 0 N–H and O–H groups in total. The Balaban J connectivity index is 1.90. The molecule has 0 amide bonds. The molecule has 0 saturated heterocycles. The summed E-state index contributed by atoms with van der Waals surface area (Å²) in [5.41, 5.74) is 4.56. The lowest BCUT2D eigenvalue weighted by Gasteiger charge is -2.08. The highest BCUT2D eigenvalue weighted by Crippen LogP contribution is 2.27. The van der Waals surface area contributed by atoms with E-state index in [0.717, 1.165) is 32.7 Å². The molecule has 2 heterocycles. The third-order valence-electron chi connectivity index (χ3n) is 3.83. The highest BCUT2D eigenvalue weighted by molar-refractivity contribution is 9.10. The van der Waals surface area contributed by atoms with E-state index in [1.807, 2.05) is 66.7 Å². The van der Waals surface area contributed by atoms with E-state index in [1.165, 1.54) is 0 Å². The number of aromatic nitrogens is 3. The van der Waals surface area contributed by atoms with E-state index in [2.05, 4.69) is 33.0 Å². The lowest BCUT2D eigenvalue weighted by atomic mass is 10.1. The first kappa shape index (κ1) is 15.7. The van der Waals surface area contributed by atoms with E-state index in [-0.39, 0.29) is 0 Å². The van der Waals surface area contributed by atoms with Gasteiger partial charge in [0.15, 0.2) is 5.82 Å². The van der Waals surface area contributed by atoms with Crippen molar-refractivity contribution in [3.63, 3.8) is 0 Å². The Kier molecular flexibility index (Phi) is 4.36. The Hall–Kier alpha value is -2.85. The Morgan fingerprint density at radius 2 is 1.32 bits per heavy atom. The number of benzene rings is 2. The Morgan fingerprint density at radius 1 is 0.600 bits per heavy atom. The van der Waals surface area contributed by atoms with Gasteiger partial charge in [0.1, 0.15) is 0 Å². The topological polar surface area (TPSA) is 38.7 Å². The average Bonchev–Trinajstić information content (AvgIpc) is 2.69. The molecule has 0 atom stereocenters. The molecule has 25 heavy (non-hydrogen) atoms. The Labute approximate surface area is 154 Å². The molecule has 4 aromatic rings. The van der Waals surface area contributed by atoms with Crippen LogP contribution >= 0.6 is 15.9 Å². The monoisotopic (exact) mass is 387 g/mol. The molecule has 120 valence electrons. The molecule has 4 heteroatoms. The Morgan fingerprint density at radius 3 is 2.04 bits per heavy atom. The van der Waals surface area contributed by atoms with Crippen LogP contribution in [0.3, 0.4) is 0 Å². The van der Waals surface area contributed by atoms with Gasteiger partial charge in [0.25, 0.3) is 0 Å². The standard InChI is InChI=1S/C21H14BrN3/c22-17-11-9-16(10-12-17)21-24-19(15-6-2-1-3-7-15)14-20(25-21)18-8-4-5-13-23-18/h1-14H. The molecular weight excluding hydrogens is 374 g/mol. The molecule has 0 fully saturated rings. The van der Waals surface area contributed by atoms with Gasteiger partial charge >= 0.3 is 0 Å². The van der Waals surface area contributed by atoms with Crippen LogP contribution in [0.1, 0.15) is 0 Å². The highest BCUT2D eigenvalue weighted by atomic mass is 79.9. The molecule has 4 rings (SSSR count). The zero-order valence-electron chi connectivity index (χ0n) is 13.3. The molecule has 0 radical (unpaired) electrons. The van der Waals surface area contributed by atoms with Gasteiger partial charge in [0.2, 0.25) is 0 Å². The predicted molar refractivity (Wildman–Crippen MR) is 104 cm³/mol. The largest absolute Gasteiger partial charge is 0.255 e. The zero-order chi connectivity index (χ0) is 17.1. The summed E-state index contributed by atoms with van der Waals surface area (Å²) in [6.07, 6.45) is 1.78. The van der Waals surface area contributed by atoms with E-state index in [0.29, 0.717) is 5.82 Å². The smallest absolute Gasteiger partial charge is 0.160 e. The van der Waals surface area contributed by atoms with Crippen LogP contribution in [0.4, 0.5) is 0 Å². The summed E-state index contributed by atoms with van der Waals surface area (Å²) in [7, 11) is 0. The van der Waals surface area contributed by atoms with E-state index >= 15 is 0 Å². The van der Waals surface area contributed by atoms with Gasteiger partial charge in [0, 0.05) is 21.8 Å². The van der Waals surface area contributed by atoms with E-state index in [9.17, 15) is 0 Å². The summed E-state index contributed by atoms with van der Waals surface area (Å²) < 4.78 is 1.03. The summed E-state index contributed by atoms with van der Waals surface area (Å²) in [5.74, 6) is 0.689.